The molecule has 17 heavy (non-hydrogen) atoms. The SMILES string of the molecule is Nc1cccc(COc2ccc(CO)cc2)n1. The lowest BCUT2D eigenvalue weighted by Crippen LogP contribution is -2.00. The Balaban J connectivity index is 1.97. The summed E-state index contributed by atoms with van der Waals surface area (Å²) in [6.07, 6.45) is 0. The van der Waals surface area contributed by atoms with Gasteiger partial charge in [0.05, 0.1) is 12.3 Å². The number of pyridine rings is 1. The van der Waals surface area contributed by atoms with Crippen LogP contribution in [0.25, 0.3) is 0 Å². The lowest BCUT2D eigenvalue weighted by Gasteiger charge is -2.06. The number of nitrogen functional groups attached to an aromatic ring is 1. The first-order chi connectivity index (χ1) is 8.28. The van der Waals surface area contributed by atoms with E-state index in [0.29, 0.717) is 12.4 Å². The molecule has 0 fully saturated rings. The van der Waals surface area contributed by atoms with Crippen LogP contribution in [0.2, 0.25) is 0 Å². The minimum atomic E-state index is 0.0387. The van der Waals surface area contributed by atoms with Crippen molar-refractivity contribution in [3.63, 3.8) is 0 Å². The third-order valence-electron chi connectivity index (χ3n) is 2.32. The third-order valence-corrected chi connectivity index (χ3v) is 2.32. The highest BCUT2D eigenvalue weighted by atomic mass is 16.5. The molecule has 3 N–H and O–H groups in total. The van der Waals surface area contributed by atoms with Crippen molar-refractivity contribution in [3.8, 4) is 5.75 Å². The van der Waals surface area contributed by atoms with Gasteiger partial charge in [-0.15, -0.1) is 0 Å². The molecule has 1 aromatic carbocycles. The zero-order chi connectivity index (χ0) is 12.1. The molecule has 1 heterocycles. The highest BCUT2D eigenvalue weighted by Crippen LogP contribution is 2.14. The van der Waals surface area contributed by atoms with E-state index < -0.39 is 0 Å². The number of hydrogen-bond donors (Lipinski definition) is 2. The number of anilines is 1. The summed E-state index contributed by atoms with van der Waals surface area (Å²) < 4.78 is 5.55. The van der Waals surface area contributed by atoms with Gasteiger partial charge in [-0.25, -0.2) is 4.98 Å². The van der Waals surface area contributed by atoms with Crippen LogP contribution in [0, 0.1) is 0 Å². The summed E-state index contributed by atoms with van der Waals surface area (Å²) in [7, 11) is 0. The maximum Gasteiger partial charge on any atom is 0.130 e. The first-order valence-electron chi connectivity index (χ1n) is 5.32. The zero-order valence-electron chi connectivity index (χ0n) is 9.34. The second-order valence-corrected chi connectivity index (χ2v) is 3.64. The normalized spacial score (nSPS) is 10.2. The molecule has 0 amide bonds. The number of hydrogen-bond acceptors (Lipinski definition) is 4. The number of aliphatic hydroxyl groups excluding tert-OH is 1. The lowest BCUT2D eigenvalue weighted by atomic mass is 10.2. The maximum absolute atomic E-state index is 8.90. The molecule has 0 saturated heterocycles. The Hall–Kier alpha value is -2.07. The second kappa shape index (κ2) is 5.32. The molecule has 0 aliphatic heterocycles. The van der Waals surface area contributed by atoms with Crippen LogP contribution in [0.4, 0.5) is 5.82 Å². The Labute approximate surface area is 99.7 Å². The first-order valence-corrected chi connectivity index (χ1v) is 5.32. The molecule has 2 aromatic rings. The van der Waals surface area contributed by atoms with Crippen LogP contribution in [0.15, 0.2) is 42.5 Å². The number of aliphatic hydroxyl groups is 1. The van der Waals surface area contributed by atoms with Gasteiger partial charge in [-0.05, 0) is 29.8 Å². The van der Waals surface area contributed by atoms with Crippen LogP contribution < -0.4 is 10.5 Å². The van der Waals surface area contributed by atoms with E-state index in [0.717, 1.165) is 17.0 Å². The van der Waals surface area contributed by atoms with Gasteiger partial charge >= 0.3 is 0 Å². The van der Waals surface area contributed by atoms with E-state index >= 15 is 0 Å². The van der Waals surface area contributed by atoms with E-state index in [1.54, 1.807) is 6.07 Å². The van der Waals surface area contributed by atoms with E-state index in [9.17, 15) is 0 Å². The minimum Gasteiger partial charge on any atom is -0.487 e. The fourth-order valence-corrected chi connectivity index (χ4v) is 1.43. The van der Waals surface area contributed by atoms with Crippen molar-refractivity contribution in [1.82, 2.24) is 4.98 Å². The Morgan fingerprint density at radius 1 is 1.12 bits per heavy atom. The molecule has 0 bridgehead atoms. The number of nitrogens with zero attached hydrogens (tertiary/aromatic N) is 1. The van der Waals surface area contributed by atoms with Crippen LogP contribution in [0.3, 0.4) is 0 Å². The quantitative estimate of drug-likeness (QED) is 0.839. The van der Waals surface area contributed by atoms with Crippen LogP contribution in [-0.2, 0) is 13.2 Å². The molecule has 1 aromatic heterocycles. The summed E-state index contributed by atoms with van der Waals surface area (Å²) in [5.41, 5.74) is 7.22. The molecule has 0 atom stereocenters. The van der Waals surface area contributed by atoms with Crippen molar-refractivity contribution in [2.24, 2.45) is 0 Å². The number of ether oxygens (including phenoxy) is 1. The number of nitrogens with two attached hydrogens (primary N) is 1. The number of benzene rings is 1. The van der Waals surface area contributed by atoms with E-state index in [1.165, 1.54) is 0 Å². The molecule has 0 saturated carbocycles. The van der Waals surface area contributed by atoms with Gasteiger partial charge in [-0.3, -0.25) is 0 Å². The van der Waals surface area contributed by atoms with E-state index in [1.807, 2.05) is 36.4 Å². The third kappa shape index (κ3) is 3.19. The Kier molecular flexibility index (Phi) is 3.57. The van der Waals surface area contributed by atoms with Gasteiger partial charge in [0.2, 0.25) is 0 Å². The van der Waals surface area contributed by atoms with E-state index in [2.05, 4.69) is 4.98 Å². The van der Waals surface area contributed by atoms with Crippen molar-refractivity contribution in [1.29, 1.82) is 0 Å². The molecule has 2 rings (SSSR count). The number of aromatic nitrogens is 1. The smallest absolute Gasteiger partial charge is 0.130 e. The molecular formula is C13H14N2O2. The maximum atomic E-state index is 8.90. The van der Waals surface area contributed by atoms with Crippen molar-refractivity contribution in [2.75, 3.05) is 5.73 Å². The van der Waals surface area contributed by atoms with Gasteiger partial charge in [0, 0.05) is 0 Å². The summed E-state index contributed by atoms with van der Waals surface area (Å²) in [4.78, 5) is 4.13. The van der Waals surface area contributed by atoms with Gasteiger partial charge in [0.25, 0.3) is 0 Å². The monoisotopic (exact) mass is 230 g/mol. The Bertz CT molecular complexity index is 483. The fraction of sp³-hybridized carbons (Fsp3) is 0.154. The molecule has 0 radical (unpaired) electrons. The summed E-state index contributed by atoms with van der Waals surface area (Å²) in [6, 6.07) is 12.7. The molecule has 0 unspecified atom stereocenters. The van der Waals surface area contributed by atoms with Crippen molar-refractivity contribution in [3.05, 3.63) is 53.7 Å². The highest BCUT2D eigenvalue weighted by Gasteiger charge is 1.98. The fourth-order valence-electron chi connectivity index (χ4n) is 1.43. The second-order valence-electron chi connectivity index (χ2n) is 3.64. The van der Waals surface area contributed by atoms with E-state index in [-0.39, 0.29) is 6.61 Å². The van der Waals surface area contributed by atoms with Crippen LogP contribution in [0.1, 0.15) is 11.3 Å². The van der Waals surface area contributed by atoms with Crippen LogP contribution in [0.5, 0.6) is 5.75 Å². The molecule has 88 valence electrons. The van der Waals surface area contributed by atoms with Gasteiger partial charge in [0.1, 0.15) is 18.2 Å². The predicted molar refractivity (Wildman–Crippen MR) is 65.3 cm³/mol. The predicted octanol–water partition coefficient (Wildman–Crippen LogP) is 1.74. The van der Waals surface area contributed by atoms with Crippen molar-refractivity contribution >= 4 is 5.82 Å². The molecule has 0 aliphatic rings. The average molecular weight is 230 g/mol. The zero-order valence-corrected chi connectivity index (χ0v) is 9.34. The topological polar surface area (TPSA) is 68.4 Å². The minimum absolute atomic E-state index is 0.0387. The standard InChI is InChI=1S/C13H14N2O2/c14-13-3-1-2-11(15-13)9-17-12-6-4-10(8-16)5-7-12/h1-7,16H,8-9H2,(H2,14,15). The highest BCUT2D eigenvalue weighted by molar-refractivity contribution is 5.29. The van der Waals surface area contributed by atoms with Crippen LogP contribution in [-0.4, -0.2) is 10.1 Å². The van der Waals surface area contributed by atoms with Gasteiger partial charge < -0.3 is 15.6 Å². The summed E-state index contributed by atoms with van der Waals surface area (Å²) in [5.74, 6) is 1.23. The molecule has 4 nitrogen and oxygen atoms in total. The summed E-state index contributed by atoms with van der Waals surface area (Å²) in [5, 5.41) is 8.90. The largest absolute Gasteiger partial charge is 0.487 e. The summed E-state index contributed by atoms with van der Waals surface area (Å²) in [6.45, 7) is 0.417. The Morgan fingerprint density at radius 3 is 2.53 bits per heavy atom. The van der Waals surface area contributed by atoms with Crippen molar-refractivity contribution in [2.45, 2.75) is 13.2 Å². The van der Waals surface area contributed by atoms with Gasteiger partial charge in [0.15, 0.2) is 0 Å². The summed E-state index contributed by atoms with van der Waals surface area (Å²) >= 11 is 0. The molecule has 0 spiro atoms. The van der Waals surface area contributed by atoms with E-state index in [4.69, 9.17) is 15.6 Å². The molecule has 0 aliphatic carbocycles. The molecule has 4 heteroatoms. The number of rotatable bonds is 4. The average Bonchev–Trinajstić information content (AvgIpc) is 2.37. The Morgan fingerprint density at radius 2 is 1.88 bits per heavy atom. The first kappa shape index (κ1) is 11.4. The van der Waals surface area contributed by atoms with Gasteiger partial charge in [-0.2, -0.15) is 0 Å². The van der Waals surface area contributed by atoms with Crippen LogP contribution >= 0.6 is 0 Å². The molecular weight excluding hydrogens is 216 g/mol. The lowest BCUT2D eigenvalue weighted by molar-refractivity contribution is 0.280. The van der Waals surface area contributed by atoms with Crippen molar-refractivity contribution < 1.29 is 9.84 Å². The van der Waals surface area contributed by atoms with Gasteiger partial charge in [-0.1, -0.05) is 18.2 Å².